The van der Waals surface area contributed by atoms with Crippen LogP contribution in [0.4, 0.5) is 0 Å². The number of nitrogens with zero attached hydrogens (tertiary/aromatic N) is 2. The Hall–Kier alpha value is -0.000000000000000222. The van der Waals surface area contributed by atoms with Gasteiger partial charge in [-0.05, 0) is 12.2 Å². The Morgan fingerprint density at radius 3 is 2.20 bits per heavy atom. The Morgan fingerprint density at radius 1 is 1.20 bits per heavy atom. The largest absolute Gasteiger partial charge is 0.286 e. The van der Waals surface area contributed by atoms with E-state index >= 15 is 0 Å². The SMILES string of the molecule is C=C(/N=C1/C=CC=C/C1=N/C)C(Br)(Br)Br. The highest BCUT2D eigenvalue weighted by Crippen LogP contribution is 2.40. The van der Waals surface area contributed by atoms with Gasteiger partial charge in [-0.1, -0.05) is 66.5 Å². The van der Waals surface area contributed by atoms with E-state index in [1.165, 1.54) is 0 Å². The minimum Gasteiger partial charge on any atom is -0.286 e. The van der Waals surface area contributed by atoms with E-state index in [2.05, 4.69) is 64.4 Å². The molecule has 0 aromatic rings. The van der Waals surface area contributed by atoms with Crippen molar-refractivity contribution in [2.45, 2.75) is 2.14 Å². The Bertz CT molecular complexity index is 384. The van der Waals surface area contributed by atoms with E-state index in [1.54, 1.807) is 7.05 Å². The summed E-state index contributed by atoms with van der Waals surface area (Å²) in [5.41, 5.74) is 2.27. The van der Waals surface area contributed by atoms with E-state index in [1.807, 2.05) is 24.3 Å². The van der Waals surface area contributed by atoms with Gasteiger partial charge in [-0.2, -0.15) is 0 Å². The van der Waals surface area contributed by atoms with Gasteiger partial charge in [0.1, 0.15) is 0 Å². The van der Waals surface area contributed by atoms with Crippen molar-refractivity contribution in [3.05, 3.63) is 36.6 Å². The zero-order chi connectivity index (χ0) is 11.5. The fraction of sp³-hybridized carbons (Fsp3) is 0.200. The molecule has 0 atom stereocenters. The lowest BCUT2D eigenvalue weighted by molar-refractivity contribution is 1.29. The third-order valence-corrected chi connectivity index (χ3v) is 3.08. The molecular weight excluding hydrogens is 388 g/mol. The summed E-state index contributed by atoms with van der Waals surface area (Å²) < 4.78 is -0.562. The van der Waals surface area contributed by atoms with Gasteiger partial charge in [0, 0.05) is 7.05 Å². The van der Waals surface area contributed by atoms with Crippen molar-refractivity contribution in [2.75, 3.05) is 7.05 Å². The standard InChI is InChI=1S/C10H9Br3N2/c1-7(10(11,12)13)15-9-6-4-3-5-8(9)14-2/h3-6H,1H2,2H3/b14-8-,15-9-. The first kappa shape index (κ1) is 13.1. The Kier molecular flexibility index (Phi) is 4.67. The lowest BCUT2D eigenvalue weighted by Crippen LogP contribution is -2.13. The number of hydrogen-bond donors (Lipinski definition) is 0. The van der Waals surface area contributed by atoms with E-state index in [-0.39, 0.29) is 0 Å². The minimum absolute atomic E-state index is 0.562. The van der Waals surface area contributed by atoms with Gasteiger partial charge in [-0.25, -0.2) is 4.99 Å². The second kappa shape index (κ2) is 5.37. The third-order valence-electron chi connectivity index (χ3n) is 1.71. The van der Waals surface area contributed by atoms with Crippen LogP contribution in [0, 0.1) is 0 Å². The summed E-state index contributed by atoms with van der Waals surface area (Å²) in [6, 6.07) is 0. The van der Waals surface area contributed by atoms with Crippen LogP contribution in [-0.2, 0) is 0 Å². The predicted molar refractivity (Wildman–Crippen MR) is 77.7 cm³/mol. The molecule has 1 aliphatic carbocycles. The van der Waals surface area contributed by atoms with Gasteiger partial charge in [0.05, 0.1) is 17.1 Å². The Labute approximate surface area is 114 Å². The monoisotopic (exact) mass is 394 g/mol. The molecule has 0 radical (unpaired) electrons. The molecular formula is C10H9Br3N2. The van der Waals surface area contributed by atoms with Gasteiger partial charge in [0.25, 0.3) is 0 Å². The highest BCUT2D eigenvalue weighted by Gasteiger charge is 2.22. The first-order valence-electron chi connectivity index (χ1n) is 4.12. The molecule has 0 saturated carbocycles. The van der Waals surface area contributed by atoms with Crippen molar-refractivity contribution in [3.8, 4) is 0 Å². The molecule has 0 amide bonds. The van der Waals surface area contributed by atoms with Gasteiger partial charge >= 0.3 is 0 Å². The van der Waals surface area contributed by atoms with Crippen LogP contribution in [0.1, 0.15) is 0 Å². The number of rotatable bonds is 1. The molecule has 0 fully saturated rings. The third kappa shape index (κ3) is 3.81. The van der Waals surface area contributed by atoms with E-state index < -0.39 is 2.14 Å². The van der Waals surface area contributed by atoms with Crippen molar-refractivity contribution in [1.29, 1.82) is 0 Å². The van der Waals surface area contributed by atoms with Crippen molar-refractivity contribution in [1.82, 2.24) is 0 Å². The average molecular weight is 397 g/mol. The highest BCUT2D eigenvalue weighted by molar-refractivity contribution is 9.39. The van der Waals surface area contributed by atoms with Crippen molar-refractivity contribution in [2.24, 2.45) is 9.98 Å². The lowest BCUT2D eigenvalue weighted by Gasteiger charge is -2.13. The summed E-state index contributed by atoms with van der Waals surface area (Å²) in [6.45, 7) is 3.85. The maximum Gasteiger partial charge on any atom is 0.175 e. The van der Waals surface area contributed by atoms with Crippen molar-refractivity contribution < 1.29 is 0 Å². The van der Waals surface area contributed by atoms with Crippen LogP contribution in [0.5, 0.6) is 0 Å². The van der Waals surface area contributed by atoms with Crippen LogP contribution in [0.15, 0.2) is 46.6 Å². The molecule has 15 heavy (non-hydrogen) atoms. The molecule has 0 heterocycles. The summed E-state index contributed by atoms with van der Waals surface area (Å²) in [6.07, 6.45) is 7.64. The maximum atomic E-state index is 4.37. The van der Waals surface area contributed by atoms with E-state index in [4.69, 9.17) is 0 Å². The number of halogens is 3. The fourth-order valence-corrected chi connectivity index (χ4v) is 1.22. The van der Waals surface area contributed by atoms with Crippen LogP contribution < -0.4 is 0 Å². The van der Waals surface area contributed by atoms with Gasteiger partial charge in [-0.3, -0.25) is 4.99 Å². The van der Waals surface area contributed by atoms with Gasteiger partial charge in [-0.15, -0.1) is 0 Å². The predicted octanol–water partition coefficient (Wildman–Crippen LogP) is 3.98. The molecule has 0 aromatic carbocycles. The molecule has 0 N–H and O–H groups in total. The molecule has 1 rings (SSSR count). The fourth-order valence-electron chi connectivity index (χ4n) is 0.957. The second-order valence-electron chi connectivity index (χ2n) is 2.77. The van der Waals surface area contributed by atoms with E-state index in [0.29, 0.717) is 5.70 Å². The normalized spacial score (nSPS) is 21.3. The Balaban J connectivity index is 2.98. The summed E-state index contributed by atoms with van der Waals surface area (Å²) in [7, 11) is 1.74. The molecule has 0 unspecified atom stereocenters. The van der Waals surface area contributed by atoms with Crippen LogP contribution in [0.3, 0.4) is 0 Å². The molecule has 5 heteroatoms. The van der Waals surface area contributed by atoms with Gasteiger partial charge < -0.3 is 0 Å². The van der Waals surface area contributed by atoms with Gasteiger partial charge in [0.2, 0.25) is 0 Å². The maximum absolute atomic E-state index is 4.37. The van der Waals surface area contributed by atoms with Gasteiger partial charge in [0.15, 0.2) is 2.14 Å². The zero-order valence-corrected chi connectivity index (χ0v) is 12.8. The molecule has 0 saturated heterocycles. The average Bonchev–Trinajstić information content (AvgIpc) is 2.17. The van der Waals surface area contributed by atoms with E-state index in [0.717, 1.165) is 11.4 Å². The molecule has 1 aliphatic rings. The van der Waals surface area contributed by atoms with Crippen molar-refractivity contribution in [3.63, 3.8) is 0 Å². The van der Waals surface area contributed by atoms with Crippen LogP contribution >= 0.6 is 47.8 Å². The molecule has 0 bridgehead atoms. The molecule has 0 aromatic heterocycles. The summed E-state index contributed by atoms with van der Waals surface area (Å²) >= 11 is 10.1. The topological polar surface area (TPSA) is 24.7 Å². The molecule has 2 nitrogen and oxygen atoms in total. The highest BCUT2D eigenvalue weighted by atomic mass is 80.0. The summed E-state index contributed by atoms with van der Waals surface area (Å²) in [5, 5.41) is 0. The summed E-state index contributed by atoms with van der Waals surface area (Å²) in [5.74, 6) is 0. The van der Waals surface area contributed by atoms with Crippen LogP contribution in [0.2, 0.25) is 0 Å². The minimum atomic E-state index is -0.562. The van der Waals surface area contributed by atoms with Crippen molar-refractivity contribution >= 4 is 59.2 Å². The first-order valence-corrected chi connectivity index (χ1v) is 6.49. The lowest BCUT2D eigenvalue weighted by atomic mass is 10.1. The number of aliphatic imine (C=N–C) groups is 2. The second-order valence-corrected chi connectivity index (χ2v) is 9.53. The summed E-state index contributed by atoms with van der Waals surface area (Å²) in [4.78, 5) is 8.50. The first-order chi connectivity index (χ1) is 6.95. The Morgan fingerprint density at radius 2 is 1.73 bits per heavy atom. The number of alkyl halides is 3. The smallest absolute Gasteiger partial charge is 0.175 e. The quantitative estimate of drug-likeness (QED) is 0.473. The molecule has 80 valence electrons. The van der Waals surface area contributed by atoms with Crippen LogP contribution in [0.25, 0.3) is 0 Å². The van der Waals surface area contributed by atoms with E-state index in [9.17, 15) is 0 Å². The molecule has 0 aliphatic heterocycles. The number of allylic oxidation sites excluding steroid dienone is 5. The number of hydrogen-bond acceptors (Lipinski definition) is 2. The zero-order valence-electron chi connectivity index (χ0n) is 8.04. The molecule has 0 spiro atoms. The van der Waals surface area contributed by atoms with Crippen LogP contribution in [-0.4, -0.2) is 20.6 Å².